The van der Waals surface area contributed by atoms with E-state index in [-0.39, 0.29) is 17.7 Å². The van der Waals surface area contributed by atoms with Gasteiger partial charge in [-0.2, -0.15) is 0 Å². The third-order valence-electron chi connectivity index (χ3n) is 5.88. The lowest BCUT2D eigenvalue weighted by Gasteiger charge is -2.34. The van der Waals surface area contributed by atoms with E-state index in [0.717, 1.165) is 19.3 Å². The van der Waals surface area contributed by atoms with Crippen molar-refractivity contribution in [2.75, 3.05) is 25.1 Å². The van der Waals surface area contributed by atoms with Crippen LogP contribution >= 0.6 is 0 Å². The second-order valence-corrected chi connectivity index (χ2v) is 7.43. The number of para-hydroxylation sites is 1. The van der Waals surface area contributed by atoms with Crippen LogP contribution in [0.5, 0.6) is 0 Å². The number of benzene rings is 1. The van der Waals surface area contributed by atoms with Gasteiger partial charge in [0.25, 0.3) is 0 Å². The Balaban J connectivity index is 1.68. The number of carbonyl (C=O) groups is 3. The van der Waals surface area contributed by atoms with Gasteiger partial charge < -0.3 is 9.64 Å². The number of nitrogens with zero attached hydrogens (tertiary/aromatic N) is 2. The molecular formula is C21H24N2O4. The lowest BCUT2D eigenvalue weighted by atomic mass is 9.75. The maximum Gasteiger partial charge on any atom is 0.238 e. The molecule has 3 amide bonds. The van der Waals surface area contributed by atoms with Gasteiger partial charge in [-0.3, -0.25) is 19.3 Å². The summed E-state index contributed by atoms with van der Waals surface area (Å²) in [7, 11) is 1.55. The maximum absolute atomic E-state index is 13.2. The average Bonchev–Trinajstić information content (AvgIpc) is 2.98. The Bertz CT molecular complexity index is 783. The number of piperidine rings is 1. The Morgan fingerprint density at radius 2 is 1.74 bits per heavy atom. The van der Waals surface area contributed by atoms with E-state index in [0.29, 0.717) is 31.0 Å². The van der Waals surface area contributed by atoms with Crippen LogP contribution in [-0.4, -0.2) is 42.8 Å². The third kappa shape index (κ3) is 3.03. The topological polar surface area (TPSA) is 66.9 Å². The second kappa shape index (κ2) is 7.18. The van der Waals surface area contributed by atoms with Crippen molar-refractivity contribution < 1.29 is 19.1 Å². The fraction of sp³-hybridized carbons (Fsp3) is 0.476. The molecule has 2 saturated heterocycles. The van der Waals surface area contributed by atoms with Crippen molar-refractivity contribution in [3.63, 3.8) is 0 Å². The molecule has 0 N–H and O–H groups in total. The molecule has 2 fully saturated rings. The molecule has 4 rings (SSSR count). The highest BCUT2D eigenvalue weighted by Gasteiger charge is 2.55. The van der Waals surface area contributed by atoms with Gasteiger partial charge >= 0.3 is 0 Å². The van der Waals surface area contributed by atoms with Crippen molar-refractivity contribution in [1.29, 1.82) is 0 Å². The van der Waals surface area contributed by atoms with Crippen molar-refractivity contribution >= 4 is 23.4 Å². The Morgan fingerprint density at radius 3 is 2.41 bits per heavy atom. The molecule has 2 aliphatic heterocycles. The Kier molecular flexibility index (Phi) is 4.72. The van der Waals surface area contributed by atoms with E-state index in [1.54, 1.807) is 37.5 Å². The number of imide groups is 1. The van der Waals surface area contributed by atoms with Crippen LogP contribution < -0.4 is 4.90 Å². The molecule has 0 unspecified atom stereocenters. The van der Waals surface area contributed by atoms with E-state index in [1.165, 1.54) is 4.90 Å². The van der Waals surface area contributed by atoms with Crippen molar-refractivity contribution in [1.82, 2.24) is 4.90 Å². The molecule has 1 aromatic rings. The summed E-state index contributed by atoms with van der Waals surface area (Å²) in [5.74, 6) is -1.80. The van der Waals surface area contributed by atoms with Gasteiger partial charge in [-0.15, -0.1) is 0 Å². The first kappa shape index (κ1) is 17.8. The number of ether oxygens (including phenoxy) is 1. The molecule has 142 valence electrons. The molecule has 27 heavy (non-hydrogen) atoms. The van der Waals surface area contributed by atoms with Gasteiger partial charge in [-0.1, -0.05) is 18.2 Å². The van der Waals surface area contributed by atoms with Gasteiger partial charge in [-0.25, -0.2) is 0 Å². The minimum atomic E-state index is -0.647. The molecule has 3 aliphatic rings. The molecule has 2 heterocycles. The smallest absolute Gasteiger partial charge is 0.238 e. The fourth-order valence-corrected chi connectivity index (χ4v) is 4.49. The van der Waals surface area contributed by atoms with Crippen LogP contribution in [0.15, 0.2) is 42.2 Å². The monoisotopic (exact) mass is 368 g/mol. The molecule has 0 saturated carbocycles. The van der Waals surface area contributed by atoms with Crippen molar-refractivity contribution in [3.8, 4) is 0 Å². The van der Waals surface area contributed by atoms with Crippen LogP contribution in [0.4, 0.5) is 5.69 Å². The van der Waals surface area contributed by atoms with Crippen LogP contribution in [0.1, 0.15) is 25.7 Å². The Morgan fingerprint density at radius 1 is 1.04 bits per heavy atom. The molecule has 3 atom stereocenters. The predicted octanol–water partition coefficient (Wildman–Crippen LogP) is 2.35. The summed E-state index contributed by atoms with van der Waals surface area (Å²) in [6, 6.07) is 8.94. The third-order valence-corrected chi connectivity index (χ3v) is 5.88. The van der Waals surface area contributed by atoms with Gasteiger partial charge in [0, 0.05) is 19.5 Å². The summed E-state index contributed by atoms with van der Waals surface area (Å²) in [4.78, 5) is 42.5. The number of anilines is 1. The number of amides is 3. The summed E-state index contributed by atoms with van der Waals surface area (Å²) in [5.41, 5.74) is 0.560. The molecule has 0 bridgehead atoms. The first-order valence-electron chi connectivity index (χ1n) is 9.58. The largest absolute Gasteiger partial charge is 0.501 e. The standard InChI is InChI=1S/C21H24N2O4/c1-27-15-12-16(19(24)22-10-6-3-7-11-22)18-17(13-15)20(25)23(21(18)26)14-8-4-2-5-9-14/h2,4-5,8-9,12,16-18H,3,6-7,10-11,13H2,1H3/t16-,17+,18-/m1/s1. The van der Waals surface area contributed by atoms with E-state index in [1.807, 2.05) is 11.0 Å². The summed E-state index contributed by atoms with van der Waals surface area (Å²) in [6.07, 6.45) is 5.21. The summed E-state index contributed by atoms with van der Waals surface area (Å²) in [6.45, 7) is 1.43. The van der Waals surface area contributed by atoms with E-state index in [2.05, 4.69) is 0 Å². The molecule has 6 heteroatoms. The SMILES string of the molecule is COC1=C[C@@H](C(=O)N2CCCCC2)[C@H]2C(=O)N(c3ccccc3)C(=O)[C@H]2C1. The van der Waals surface area contributed by atoms with Crippen molar-refractivity contribution in [2.45, 2.75) is 25.7 Å². The highest BCUT2D eigenvalue weighted by atomic mass is 16.5. The van der Waals surface area contributed by atoms with Gasteiger partial charge in [0.1, 0.15) is 0 Å². The van der Waals surface area contributed by atoms with E-state index < -0.39 is 17.8 Å². The van der Waals surface area contributed by atoms with Gasteiger partial charge in [0.15, 0.2) is 0 Å². The lowest BCUT2D eigenvalue weighted by molar-refractivity contribution is -0.140. The minimum Gasteiger partial charge on any atom is -0.501 e. The Hall–Kier alpha value is -2.63. The van der Waals surface area contributed by atoms with Crippen molar-refractivity contribution in [2.24, 2.45) is 17.8 Å². The van der Waals surface area contributed by atoms with Crippen LogP contribution in [0, 0.1) is 17.8 Å². The number of methoxy groups -OCH3 is 1. The molecule has 0 spiro atoms. The fourth-order valence-electron chi connectivity index (χ4n) is 4.49. The van der Waals surface area contributed by atoms with Crippen LogP contribution in [0.2, 0.25) is 0 Å². The van der Waals surface area contributed by atoms with Crippen LogP contribution in [0.25, 0.3) is 0 Å². The first-order chi connectivity index (χ1) is 13.1. The molecule has 0 aromatic heterocycles. The number of rotatable bonds is 3. The summed E-state index contributed by atoms with van der Waals surface area (Å²) < 4.78 is 5.40. The highest BCUT2D eigenvalue weighted by Crippen LogP contribution is 2.43. The predicted molar refractivity (Wildman–Crippen MR) is 99.5 cm³/mol. The molecule has 6 nitrogen and oxygen atoms in total. The second-order valence-electron chi connectivity index (χ2n) is 7.43. The van der Waals surface area contributed by atoms with E-state index in [9.17, 15) is 14.4 Å². The summed E-state index contributed by atoms with van der Waals surface area (Å²) >= 11 is 0. The zero-order valence-electron chi connectivity index (χ0n) is 15.5. The minimum absolute atomic E-state index is 0.0602. The molecule has 0 radical (unpaired) electrons. The Labute approximate surface area is 158 Å². The van der Waals surface area contributed by atoms with Gasteiger partial charge in [-0.05, 0) is 37.5 Å². The van der Waals surface area contributed by atoms with Crippen LogP contribution in [0.3, 0.4) is 0 Å². The normalized spacial score (nSPS) is 28.0. The number of allylic oxidation sites excluding steroid dienone is 1. The first-order valence-corrected chi connectivity index (χ1v) is 9.58. The highest BCUT2D eigenvalue weighted by molar-refractivity contribution is 6.23. The summed E-state index contributed by atoms with van der Waals surface area (Å²) in [5, 5.41) is 0. The van der Waals surface area contributed by atoms with E-state index in [4.69, 9.17) is 4.74 Å². The van der Waals surface area contributed by atoms with Gasteiger partial charge in [0.2, 0.25) is 17.7 Å². The molecule has 1 aromatic carbocycles. The number of hydrogen-bond acceptors (Lipinski definition) is 4. The number of fused-ring (bicyclic) bond motifs is 1. The molecule has 1 aliphatic carbocycles. The number of hydrogen-bond donors (Lipinski definition) is 0. The van der Waals surface area contributed by atoms with Crippen molar-refractivity contribution in [3.05, 3.63) is 42.2 Å². The van der Waals surface area contributed by atoms with E-state index >= 15 is 0 Å². The van der Waals surface area contributed by atoms with Gasteiger partial charge in [0.05, 0.1) is 36.3 Å². The number of carbonyl (C=O) groups excluding carboxylic acids is 3. The number of likely N-dealkylation sites (tertiary alicyclic amines) is 1. The van der Waals surface area contributed by atoms with Crippen LogP contribution in [-0.2, 0) is 19.1 Å². The quantitative estimate of drug-likeness (QED) is 0.768. The zero-order valence-corrected chi connectivity index (χ0v) is 15.5. The maximum atomic E-state index is 13.2. The zero-order chi connectivity index (χ0) is 19.0. The molecular weight excluding hydrogens is 344 g/mol. The lowest BCUT2D eigenvalue weighted by Crippen LogP contribution is -2.45. The average molecular weight is 368 g/mol.